The summed E-state index contributed by atoms with van der Waals surface area (Å²) in [6, 6.07) is 10.8. The highest BCUT2D eigenvalue weighted by Gasteiger charge is 2.60. The molecule has 3 aliphatic carbocycles. The van der Waals surface area contributed by atoms with Crippen LogP contribution in [-0.2, 0) is 32.1 Å². The van der Waals surface area contributed by atoms with Crippen molar-refractivity contribution in [3.05, 3.63) is 70.0 Å². The second-order valence-corrected chi connectivity index (χ2v) is 9.53. The van der Waals surface area contributed by atoms with E-state index >= 15 is 0 Å². The topological polar surface area (TPSA) is 167 Å². The second-order valence-electron chi connectivity index (χ2n) is 9.53. The number of ketones is 2. The fraction of sp³-hybridized carbons (Fsp3) is 0.296. The maximum absolute atomic E-state index is 13.6. The highest BCUT2D eigenvalue weighted by Crippen LogP contribution is 2.53. The SMILES string of the molecule is COCc1cccc(-c2ccc(O)c3c2C[C@H]2C[C@H]4CC(=O)C(C(N)=O)=C(O)[C@@]4(O)C(=O)C2=C3O)c1. The average molecular weight is 491 g/mol. The van der Waals surface area contributed by atoms with Crippen molar-refractivity contribution in [2.75, 3.05) is 7.11 Å². The van der Waals surface area contributed by atoms with Crippen LogP contribution >= 0.6 is 0 Å². The molecule has 3 atom stereocenters. The van der Waals surface area contributed by atoms with Crippen molar-refractivity contribution >= 4 is 23.2 Å². The van der Waals surface area contributed by atoms with Crippen LogP contribution in [0.3, 0.4) is 0 Å². The molecule has 1 saturated carbocycles. The van der Waals surface area contributed by atoms with E-state index in [4.69, 9.17) is 10.5 Å². The Balaban J connectivity index is 1.68. The molecule has 6 N–H and O–H groups in total. The third kappa shape index (κ3) is 3.27. The Labute approximate surface area is 206 Å². The van der Waals surface area contributed by atoms with Crippen molar-refractivity contribution in [2.45, 2.75) is 31.5 Å². The zero-order valence-corrected chi connectivity index (χ0v) is 19.4. The van der Waals surface area contributed by atoms with E-state index in [0.717, 1.165) is 16.7 Å². The number of fused-ring (bicyclic) bond motifs is 3. The number of primary amides is 1. The number of amides is 1. The van der Waals surface area contributed by atoms with Gasteiger partial charge in [0.05, 0.1) is 12.2 Å². The molecule has 186 valence electrons. The van der Waals surface area contributed by atoms with Crippen molar-refractivity contribution in [3.8, 4) is 16.9 Å². The molecule has 0 unspecified atom stereocenters. The number of nitrogens with two attached hydrogens (primary N) is 1. The number of hydrogen-bond acceptors (Lipinski definition) is 8. The summed E-state index contributed by atoms with van der Waals surface area (Å²) in [5.41, 5.74) is 4.87. The number of benzene rings is 2. The average Bonchev–Trinajstić information content (AvgIpc) is 2.81. The minimum Gasteiger partial charge on any atom is -0.508 e. The Morgan fingerprint density at radius 1 is 1.14 bits per heavy atom. The number of aliphatic hydroxyl groups excluding tert-OH is 2. The van der Waals surface area contributed by atoms with Crippen LogP contribution in [-0.4, -0.2) is 50.6 Å². The van der Waals surface area contributed by atoms with Crippen LogP contribution in [0.1, 0.15) is 29.5 Å². The van der Waals surface area contributed by atoms with Gasteiger partial charge in [0, 0.05) is 25.0 Å². The largest absolute Gasteiger partial charge is 0.508 e. The van der Waals surface area contributed by atoms with Gasteiger partial charge in [0.15, 0.2) is 11.4 Å². The number of Topliss-reactive ketones (excluding diaryl/α,β-unsaturated/α-hetero) is 2. The smallest absolute Gasteiger partial charge is 0.255 e. The second kappa shape index (κ2) is 8.32. The summed E-state index contributed by atoms with van der Waals surface area (Å²) in [6.07, 6.45) is -0.0255. The monoisotopic (exact) mass is 491 g/mol. The Morgan fingerprint density at radius 3 is 2.58 bits per heavy atom. The van der Waals surface area contributed by atoms with Gasteiger partial charge in [0.25, 0.3) is 5.91 Å². The first-order chi connectivity index (χ1) is 17.1. The van der Waals surface area contributed by atoms with E-state index in [1.807, 2.05) is 24.3 Å². The van der Waals surface area contributed by atoms with E-state index in [0.29, 0.717) is 12.2 Å². The lowest BCUT2D eigenvalue weighted by molar-refractivity contribution is -0.147. The first kappa shape index (κ1) is 23.8. The van der Waals surface area contributed by atoms with Gasteiger partial charge in [-0.3, -0.25) is 14.4 Å². The normalized spacial score (nSPS) is 25.4. The Bertz CT molecular complexity index is 1400. The van der Waals surface area contributed by atoms with Crippen LogP contribution in [0.25, 0.3) is 16.9 Å². The third-order valence-electron chi connectivity index (χ3n) is 7.50. The lowest BCUT2D eigenvalue weighted by Gasteiger charge is -2.46. The summed E-state index contributed by atoms with van der Waals surface area (Å²) in [4.78, 5) is 37.8. The number of hydrogen-bond donors (Lipinski definition) is 5. The van der Waals surface area contributed by atoms with Crippen molar-refractivity contribution in [1.82, 2.24) is 0 Å². The molecule has 0 aromatic heterocycles. The zero-order chi connectivity index (χ0) is 25.9. The molecule has 1 amide bonds. The van der Waals surface area contributed by atoms with Gasteiger partial charge in [-0.15, -0.1) is 0 Å². The number of phenolic OH excluding ortho intramolecular Hbond substituents is 1. The van der Waals surface area contributed by atoms with Gasteiger partial charge < -0.3 is 30.9 Å². The Hall–Kier alpha value is -3.95. The first-order valence-electron chi connectivity index (χ1n) is 11.5. The molecule has 1 fully saturated rings. The fourth-order valence-electron chi connectivity index (χ4n) is 5.89. The molecule has 5 rings (SSSR count). The Kier molecular flexibility index (Phi) is 5.50. The number of carbonyl (C=O) groups excluding carboxylic acids is 3. The van der Waals surface area contributed by atoms with Gasteiger partial charge in [-0.2, -0.15) is 0 Å². The molecule has 0 heterocycles. The summed E-state index contributed by atoms with van der Waals surface area (Å²) in [5, 5.41) is 43.9. The quantitative estimate of drug-likeness (QED) is 0.406. The van der Waals surface area contributed by atoms with E-state index in [1.165, 1.54) is 6.07 Å². The summed E-state index contributed by atoms with van der Waals surface area (Å²) in [6.45, 7) is 0.402. The van der Waals surface area contributed by atoms with E-state index in [1.54, 1.807) is 13.2 Å². The summed E-state index contributed by atoms with van der Waals surface area (Å²) >= 11 is 0. The van der Waals surface area contributed by atoms with Gasteiger partial charge in [-0.1, -0.05) is 24.3 Å². The molecule has 0 spiro atoms. The summed E-state index contributed by atoms with van der Waals surface area (Å²) in [7, 11) is 1.59. The minimum absolute atomic E-state index is 0.0665. The van der Waals surface area contributed by atoms with Gasteiger partial charge in [-0.25, -0.2) is 0 Å². The maximum Gasteiger partial charge on any atom is 0.255 e. The molecule has 2 aromatic carbocycles. The predicted molar refractivity (Wildman–Crippen MR) is 128 cm³/mol. The number of aromatic hydroxyl groups is 1. The molecule has 2 aromatic rings. The minimum atomic E-state index is -2.57. The van der Waals surface area contributed by atoms with Gasteiger partial charge >= 0.3 is 0 Å². The van der Waals surface area contributed by atoms with E-state index in [9.17, 15) is 34.8 Å². The molecule has 0 saturated heterocycles. The highest BCUT2D eigenvalue weighted by atomic mass is 16.5. The number of ether oxygens (including phenoxy) is 1. The van der Waals surface area contributed by atoms with Crippen LogP contribution in [0, 0.1) is 11.8 Å². The first-order valence-corrected chi connectivity index (χ1v) is 11.5. The molecular formula is C27H25NO8. The van der Waals surface area contributed by atoms with Crippen molar-refractivity contribution in [3.63, 3.8) is 0 Å². The highest BCUT2D eigenvalue weighted by molar-refractivity contribution is 6.22. The third-order valence-corrected chi connectivity index (χ3v) is 7.50. The van der Waals surface area contributed by atoms with Crippen molar-refractivity contribution < 1.29 is 39.5 Å². The molecule has 9 nitrogen and oxygen atoms in total. The zero-order valence-electron chi connectivity index (χ0n) is 19.4. The van der Waals surface area contributed by atoms with Crippen LogP contribution < -0.4 is 5.73 Å². The van der Waals surface area contributed by atoms with Gasteiger partial charge in [-0.05, 0) is 53.1 Å². The molecular weight excluding hydrogens is 466 g/mol. The van der Waals surface area contributed by atoms with E-state index < -0.39 is 52.0 Å². The summed E-state index contributed by atoms with van der Waals surface area (Å²) in [5.74, 6) is -6.43. The number of carbonyl (C=O) groups is 3. The molecule has 0 aliphatic heterocycles. The van der Waals surface area contributed by atoms with Crippen molar-refractivity contribution in [1.29, 1.82) is 0 Å². The summed E-state index contributed by atoms with van der Waals surface area (Å²) < 4.78 is 5.22. The van der Waals surface area contributed by atoms with Crippen molar-refractivity contribution in [2.24, 2.45) is 17.6 Å². The lowest BCUT2D eigenvalue weighted by atomic mass is 9.59. The molecule has 9 heteroatoms. The van der Waals surface area contributed by atoms with Crippen LogP contribution in [0.2, 0.25) is 0 Å². The van der Waals surface area contributed by atoms with E-state index in [-0.39, 0.29) is 36.1 Å². The Morgan fingerprint density at radius 2 is 1.89 bits per heavy atom. The van der Waals surface area contributed by atoms with Crippen LogP contribution in [0.4, 0.5) is 0 Å². The maximum atomic E-state index is 13.6. The number of phenols is 1. The number of aliphatic hydroxyl groups is 3. The fourth-order valence-corrected chi connectivity index (χ4v) is 5.89. The van der Waals surface area contributed by atoms with Gasteiger partial charge in [0.1, 0.15) is 22.8 Å². The van der Waals surface area contributed by atoms with Crippen LogP contribution in [0.5, 0.6) is 5.75 Å². The molecule has 0 bridgehead atoms. The molecule has 36 heavy (non-hydrogen) atoms. The predicted octanol–water partition coefficient (Wildman–Crippen LogP) is 2.24. The number of methoxy groups -OCH3 is 1. The standard InChI is InChI=1S/C27H25NO8/c1-36-11-12-3-2-4-13(7-12)16-5-6-18(29)21-17(16)9-14-8-15-10-19(30)22(26(28)34)25(33)27(15,35)24(32)20(14)23(21)31/h2-7,14-15,29,31,33,35H,8-11H2,1H3,(H2,28,34)/t14-,15+,27+/m1/s1. The van der Waals surface area contributed by atoms with Gasteiger partial charge in [0.2, 0.25) is 5.78 Å². The molecule has 3 aliphatic rings. The lowest BCUT2D eigenvalue weighted by Crippen LogP contribution is -2.58. The molecule has 0 radical (unpaired) electrons. The van der Waals surface area contributed by atoms with Crippen LogP contribution in [0.15, 0.2) is 53.3 Å². The van der Waals surface area contributed by atoms with E-state index in [2.05, 4.69) is 0 Å². The number of rotatable bonds is 4.